The Morgan fingerprint density at radius 1 is 1.37 bits per heavy atom. The minimum absolute atomic E-state index is 0.537. The van der Waals surface area contributed by atoms with Crippen LogP contribution in [-0.2, 0) is 17.7 Å². The first-order valence-electron chi connectivity index (χ1n) is 7.64. The summed E-state index contributed by atoms with van der Waals surface area (Å²) >= 11 is 0. The number of rotatable bonds is 6. The second-order valence-electron chi connectivity index (χ2n) is 6.03. The molecule has 1 aliphatic carbocycles. The van der Waals surface area contributed by atoms with Crippen LogP contribution in [0.25, 0.3) is 0 Å². The van der Waals surface area contributed by atoms with Gasteiger partial charge in [0.25, 0.3) is 0 Å². The van der Waals surface area contributed by atoms with Crippen LogP contribution in [0.4, 0.5) is 0 Å². The first-order valence-corrected chi connectivity index (χ1v) is 7.64. The third-order valence-corrected chi connectivity index (χ3v) is 3.86. The fourth-order valence-corrected chi connectivity index (χ4v) is 2.83. The number of aryl methyl sites for hydroxylation is 1. The molecule has 0 bridgehead atoms. The van der Waals surface area contributed by atoms with Crippen LogP contribution < -0.4 is 5.32 Å². The number of aromatic nitrogens is 1. The molecule has 0 aromatic carbocycles. The van der Waals surface area contributed by atoms with Crippen LogP contribution in [0.5, 0.6) is 0 Å². The molecule has 0 spiro atoms. The lowest BCUT2D eigenvalue weighted by Crippen LogP contribution is -2.15. The van der Waals surface area contributed by atoms with Gasteiger partial charge in [-0.25, -0.2) is 0 Å². The largest absolute Gasteiger partial charge is 0.379 e. The van der Waals surface area contributed by atoms with E-state index in [1.807, 2.05) is 0 Å². The first-order chi connectivity index (χ1) is 9.20. The zero-order valence-corrected chi connectivity index (χ0v) is 12.6. The van der Waals surface area contributed by atoms with Crippen molar-refractivity contribution in [2.45, 2.75) is 52.1 Å². The van der Waals surface area contributed by atoms with Gasteiger partial charge in [-0.2, -0.15) is 0 Å². The van der Waals surface area contributed by atoms with E-state index in [2.05, 4.69) is 43.2 Å². The topological polar surface area (TPSA) is 26.2 Å². The molecule has 0 saturated heterocycles. The van der Waals surface area contributed by atoms with Gasteiger partial charge in [0.2, 0.25) is 0 Å². The third kappa shape index (κ3) is 4.08. The van der Waals surface area contributed by atoms with Crippen LogP contribution in [0.2, 0.25) is 0 Å². The molecule has 3 nitrogen and oxygen atoms in total. The molecule has 1 N–H and O–H groups in total. The Balaban J connectivity index is 1.93. The number of hydrogen-bond donors (Lipinski definition) is 1. The van der Waals surface area contributed by atoms with Crippen LogP contribution in [0.1, 0.15) is 50.3 Å². The van der Waals surface area contributed by atoms with E-state index in [4.69, 9.17) is 4.74 Å². The number of fused-ring (bicyclic) bond motifs is 1. The summed E-state index contributed by atoms with van der Waals surface area (Å²) in [6.45, 7) is 7.02. The summed E-state index contributed by atoms with van der Waals surface area (Å²) in [5.41, 5.74) is 3.03. The van der Waals surface area contributed by atoms with Crippen LogP contribution in [0, 0.1) is 5.92 Å². The Labute approximate surface area is 117 Å². The standard InChI is InChI=1S/C16H28N2O/c1-13(2)12-19-9-8-18-10-14-6-4-5-7-16(17-3)15(14)11-18/h10-11,13,16-17H,4-9,12H2,1-3H3. The average molecular weight is 264 g/mol. The molecule has 19 heavy (non-hydrogen) atoms. The molecule has 0 fully saturated rings. The zero-order valence-electron chi connectivity index (χ0n) is 12.6. The highest BCUT2D eigenvalue weighted by Gasteiger charge is 2.18. The molecule has 2 rings (SSSR count). The number of nitrogens with one attached hydrogen (secondary N) is 1. The Morgan fingerprint density at radius 2 is 2.21 bits per heavy atom. The van der Waals surface area contributed by atoms with Crippen molar-refractivity contribution in [2.24, 2.45) is 5.92 Å². The summed E-state index contributed by atoms with van der Waals surface area (Å²) in [7, 11) is 2.07. The molecule has 0 aliphatic heterocycles. The van der Waals surface area contributed by atoms with Gasteiger partial charge in [-0.1, -0.05) is 20.3 Å². The van der Waals surface area contributed by atoms with E-state index >= 15 is 0 Å². The van der Waals surface area contributed by atoms with Crippen molar-refractivity contribution in [2.75, 3.05) is 20.3 Å². The van der Waals surface area contributed by atoms with Gasteiger partial charge in [0.15, 0.2) is 0 Å². The Bertz CT molecular complexity index is 384. The summed E-state index contributed by atoms with van der Waals surface area (Å²) < 4.78 is 7.98. The monoisotopic (exact) mass is 264 g/mol. The second-order valence-corrected chi connectivity index (χ2v) is 6.03. The quantitative estimate of drug-likeness (QED) is 0.631. The van der Waals surface area contributed by atoms with Crippen LogP contribution >= 0.6 is 0 Å². The molecule has 3 heteroatoms. The van der Waals surface area contributed by atoms with E-state index in [1.54, 1.807) is 0 Å². The van der Waals surface area contributed by atoms with Gasteiger partial charge >= 0.3 is 0 Å². The molecular formula is C16H28N2O. The van der Waals surface area contributed by atoms with E-state index in [9.17, 15) is 0 Å². The van der Waals surface area contributed by atoms with Crippen molar-refractivity contribution in [3.63, 3.8) is 0 Å². The first kappa shape index (κ1) is 14.6. The van der Waals surface area contributed by atoms with E-state index in [-0.39, 0.29) is 0 Å². The van der Waals surface area contributed by atoms with Gasteiger partial charge in [-0.3, -0.25) is 0 Å². The van der Waals surface area contributed by atoms with Crippen LogP contribution in [-0.4, -0.2) is 24.8 Å². The summed E-state index contributed by atoms with van der Waals surface area (Å²) in [5.74, 6) is 0.620. The summed E-state index contributed by atoms with van der Waals surface area (Å²) in [4.78, 5) is 0. The Kier molecular flexibility index (Phi) is 5.46. The highest BCUT2D eigenvalue weighted by molar-refractivity contribution is 5.29. The normalized spacial score (nSPS) is 19.5. The fraction of sp³-hybridized carbons (Fsp3) is 0.750. The molecule has 0 amide bonds. The summed E-state index contributed by atoms with van der Waals surface area (Å²) in [5, 5.41) is 3.45. The van der Waals surface area contributed by atoms with Crippen molar-refractivity contribution in [1.29, 1.82) is 0 Å². The van der Waals surface area contributed by atoms with E-state index in [0.29, 0.717) is 12.0 Å². The van der Waals surface area contributed by atoms with Crippen LogP contribution in [0.3, 0.4) is 0 Å². The molecule has 0 radical (unpaired) electrons. The highest BCUT2D eigenvalue weighted by Crippen LogP contribution is 2.29. The zero-order chi connectivity index (χ0) is 13.7. The summed E-state index contributed by atoms with van der Waals surface area (Å²) in [6, 6.07) is 0.537. The van der Waals surface area contributed by atoms with Gasteiger partial charge < -0.3 is 14.6 Å². The van der Waals surface area contributed by atoms with Gasteiger partial charge in [-0.05, 0) is 43.4 Å². The van der Waals surface area contributed by atoms with E-state index < -0.39 is 0 Å². The fourth-order valence-electron chi connectivity index (χ4n) is 2.83. The van der Waals surface area contributed by atoms with Gasteiger partial charge in [-0.15, -0.1) is 0 Å². The Hall–Kier alpha value is -0.800. The smallest absolute Gasteiger partial charge is 0.0645 e. The third-order valence-electron chi connectivity index (χ3n) is 3.86. The van der Waals surface area contributed by atoms with E-state index in [1.165, 1.54) is 36.8 Å². The van der Waals surface area contributed by atoms with Crippen molar-refractivity contribution < 1.29 is 4.74 Å². The number of nitrogens with zero attached hydrogens (tertiary/aromatic N) is 1. The van der Waals surface area contributed by atoms with Crippen molar-refractivity contribution >= 4 is 0 Å². The van der Waals surface area contributed by atoms with Crippen molar-refractivity contribution in [1.82, 2.24) is 9.88 Å². The molecule has 1 atom stereocenters. The second kappa shape index (κ2) is 7.11. The van der Waals surface area contributed by atoms with Crippen LogP contribution in [0.15, 0.2) is 12.4 Å². The minimum Gasteiger partial charge on any atom is -0.379 e. The number of ether oxygens (including phenoxy) is 1. The molecular weight excluding hydrogens is 236 g/mol. The maximum atomic E-state index is 5.67. The molecule has 1 aromatic rings. The Morgan fingerprint density at radius 3 is 2.95 bits per heavy atom. The number of hydrogen-bond acceptors (Lipinski definition) is 2. The summed E-state index contributed by atoms with van der Waals surface area (Å²) in [6.07, 6.45) is 9.78. The predicted molar refractivity (Wildman–Crippen MR) is 79.4 cm³/mol. The molecule has 108 valence electrons. The lowest BCUT2D eigenvalue weighted by molar-refractivity contribution is 0.103. The maximum Gasteiger partial charge on any atom is 0.0645 e. The lowest BCUT2D eigenvalue weighted by atomic mass is 10.1. The highest BCUT2D eigenvalue weighted by atomic mass is 16.5. The van der Waals surface area contributed by atoms with Crippen molar-refractivity contribution in [3.8, 4) is 0 Å². The van der Waals surface area contributed by atoms with Crippen molar-refractivity contribution in [3.05, 3.63) is 23.5 Å². The van der Waals surface area contributed by atoms with E-state index in [0.717, 1.165) is 19.8 Å². The minimum atomic E-state index is 0.537. The predicted octanol–water partition coefficient (Wildman–Crippen LogP) is 3.15. The average Bonchev–Trinajstić information content (AvgIpc) is 2.68. The molecule has 1 aromatic heterocycles. The lowest BCUT2D eigenvalue weighted by Gasteiger charge is -2.13. The molecule has 1 heterocycles. The van der Waals surface area contributed by atoms with Gasteiger partial charge in [0.05, 0.1) is 6.61 Å². The molecule has 1 unspecified atom stereocenters. The maximum absolute atomic E-state index is 5.67. The molecule has 0 saturated carbocycles. The van der Waals surface area contributed by atoms with Gasteiger partial charge in [0, 0.05) is 31.6 Å². The molecule has 1 aliphatic rings. The SMILES string of the molecule is CNC1CCCCc2cn(CCOCC(C)C)cc21. The van der Waals surface area contributed by atoms with Gasteiger partial charge in [0.1, 0.15) is 0 Å².